The molecule has 0 radical (unpaired) electrons. The molecule has 21 heavy (non-hydrogen) atoms. The first-order chi connectivity index (χ1) is 9.77. The quantitative estimate of drug-likeness (QED) is 0.742. The Morgan fingerprint density at radius 2 is 1.90 bits per heavy atom. The molecule has 0 atom stereocenters. The van der Waals surface area contributed by atoms with E-state index in [2.05, 4.69) is 35.6 Å². The van der Waals surface area contributed by atoms with E-state index < -0.39 is 0 Å². The maximum atomic E-state index is 12.8. The van der Waals surface area contributed by atoms with Crippen LogP contribution in [-0.2, 0) is 13.0 Å². The largest absolute Gasteiger partial charge is 0.294 e. The molecule has 0 unspecified atom stereocenters. The van der Waals surface area contributed by atoms with Crippen LogP contribution < -0.4 is 5.56 Å². The van der Waals surface area contributed by atoms with Gasteiger partial charge in [-0.2, -0.15) is 0 Å². The molecule has 2 aromatic heterocycles. The van der Waals surface area contributed by atoms with Crippen LogP contribution in [0.25, 0.3) is 5.78 Å². The van der Waals surface area contributed by atoms with Gasteiger partial charge in [0.25, 0.3) is 5.56 Å². The molecular weight excluding hydrogens is 264 g/mol. The van der Waals surface area contributed by atoms with Crippen LogP contribution in [0.3, 0.4) is 0 Å². The molecule has 112 valence electrons. The molecule has 2 aromatic rings. The van der Waals surface area contributed by atoms with Gasteiger partial charge in [0.2, 0.25) is 5.78 Å². The number of aromatic nitrogens is 3. The van der Waals surface area contributed by atoms with Crippen LogP contribution in [0.1, 0.15) is 43.3 Å². The Morgan fingerprint density at radius 3 is 2.57 bits per heavy atom. The monoisotopic (exact) mass is 286 g/mol. The minimum absolute atomic E-state index is 0.0274. The highest BCUT2D eigenvalue weighted by molar-refractivity contribution is 5.37. The Hall–Kier alpha value is -1.75. The topological polar surface area (TPSA) is 50.5 Å². The lowest BCUT2D eigenvalue weighted by molar-refractivity contribution is 0.119. The fourth-order valence-electron chi connectivity index (χ4n) is 2.77. The summed E-state index contributed by atoms with van der Waals surface area (Å²) < 4.78 is 1.59. The maximum Gasteiger partial charge on any atom is 0.263 e. The molecule has 0 aromatic carbocycles. The molecule has 0 amide bonds. The second kappa shape index (κ2) is 4.63. The third-order valence-electron chi connectivity index (χ3n) is 4.35. The van der Waals surface area contributed by atoms with Gasteiger partial charge in [-0.25, -0.2) is 9.97 Å². The Labute approximate surface area is 124 Å². The predicted octanol–water partition coefficient (Wildman–Crippen LogP) is 1.86. The summed E-state index contributed by atoms with van der Waals surface area (Å²) in [6.45, 7) is 12.1. The normalized spacial score (nSPS) is 16.2. The lowest BCUT2D eigenvalue weighted by Gasteiger charge is -2.38. The SMILES string of the molecule is Cc1cn2c(=O)c3c(nc2nc1C)CCN(C(C)(C)C)C3. The molecule has 1 aliphatic rings. The van der Waals surface area contributed by atoms with Crippen molar-refractivity contribution >= 4 is 5.78 Å². The van der Waals surface area contributed by atoms with Gasteiger partial charge in [-0.1, -0.05) is 0 Å². The molecule has 0 aliphatic carbocycles. The van der Waals surface area contributed by atoms with Crippen molar-refractivity contribution in [3.63, 3.8) is 0 Å². The molecule has 0 bridgehead atoms. The van der Waals surface area contributed by atoms with Gasteiger partial charge in [-0.3, -0.25) is 14.1 Å². The first-order valence-electron chi connectivity index (χ1n) is 7.41. The summed E-state index contributed by atoms with van der Waals surface area (Å²) in [5, 5.41) is 0. The van der Waals surface area contributed by atoms with Crippen molar-refractivity contribution in [2.75, 3.05) is 6.54 Å². The summed E-state index contributed by atoms with van der Waals surface area (Å²) in [6, 6.07) is 0. The van der Waals surface area contributed by atoms with E-state index in [1.807, 2.05) is 20.0 Å². The van der Waals surface area contributed by atoms with Crippen LogP contribution in [0, 0.1) is 13.8 Å². The number of rotatable bonds is 0. The van der Waals surface area contributed by atoms with Gasteiger partial charge in [-0.05, 0) is 40.2 Å². The van der Waals surface area contributed by atoms with E-state index in [0.717, 1.165) is 35.5 Å². The number of hydrogen-bond acceptors (Lipinski definition) is 4. The first-order valence-corrected chi connectivity index (χ1v) is 7.41. The van der Waals surface area contributed by atoms with Crippen LogP contribution >= 0.6 is 0 Å². The van der Waals surface area contributed by atoms with E-state index in [1.54, 1.807) is 4.40 Å². The van der Waals surface area contributed by atoms with Crippen molar-refractivity contribution < 1.29 is 0 Å². The summed E-state index contributed by atoms with van der Waals surface area (Å²) in [5.74, 6) is 0.519. The average Bonchev–Trinajstić information content (AvgIpc) is 2.40. The average molecular weight is 286 g/mol. The number of hydrogen-bond donors (Lipinski definition) is 0. The Morgan fingerprint density at radius 1 is 1.19 bits per heavy atom. The minimum Gasteiger partial charge on any atom is -0.294 e. The zero-order valence-corrected chi connectivity index (χ0v) is 13.4. The van der Waals surface area contributed by atoms with Crippen molar-refractivity contribution in [1.82, 2.24) is 19.3 Å². The number of fused-ring (bicyclic) bond motifs is 2. The summed E-state index contributed by atoms with van der Waals surface area (Å²) in [7, 11) is 0. The van der Waals surface area contributed by atoms with E-state index in [9.17, 15) is 4.79 Å². The zero-order valence-electron chi connectivity index (χ0n) is 13.4. The molecule has 0 saturated heterocycles. The van der Waals surface area contributed by atoms with Gasteiger partial charge < -0.3 is 0 Å². The Bertz CT molecular complexity index is 770. The van der Waals surface area contributed by atoms with Crippen molar-refractivity contribution in [2.45, 2.75) is 53.1 Å². The summed E-state index contributed by atoms with van der Waals surface area (Å²) >= 11 is 0. The van der Waals surface area contributed by atoms with E-state index >= 15 is 0 Å². The fraction of sp³-hybridized carbons (Fsp3) is 0.562. The molecule has 0 saturated carbocycles. The standard InChI is InChI=1S/C16H22N4O/c1-10-8-20-14(21)12-9-19(16(3,4)5)7-6-13(12)18-15(20)17-11(10)2/h8H,6-7,9H2,1-5H3. The molecule has 0 spiro atoms. The van der Waals surface area contributed by atoms with Crippen molar-refractivity contribution in [1.29, 1.82) is 0 Å². The molecular formula is C16H22N4O. The lowest BCUT2D eigenvalue weighted by atomic mass is 9.99. The summed E-state index contributed by atoms with van der Waals surface area (Å²) in [4.78, 5) is 24.2. The van der Waals surface area contributed by atoms with E-state index in [1.165, 1.54) is 0 Å². The second-order valence-electron chi connectivity index (χ2n) is 6.86. The first kappa shape index (κ1) is 14.2. The highest BCUT2D eigenvalue weighted by Crippen LogP contribution is 2.22. The zero-order chi connectivity index (χ0) is 15.4. The van der Waals surface area contributed by atoms with Crippen LogP contribution in [0.2, 0.25) is 0 Å². The maximum absolute atomic E-state index is 12.8. The molecule has 3 heterocycles. The summed E-state index contributed by atoms with van der Waals surface area (Å²) in [5.41, 5.74) is 3.75. The van der Waals surface area contributed by atoms with Crippen LogP contribution in [-0.4, -0.2) is 31.4 Å². The second-order valence-corrected chi connectivity index (χ2v) is 6.86. The molecule has 3 rings (SSSR count). The van der Waals surface area contributed by atoms with E-state index in [0.29, 0.717) is 12.3 Å². The summed E-state index contributed by atoms with van der Waals surface area (Å²) in [6.07, 6.45) is 2.66. The molecule has 1 aliphatic heterocycles. The van der Waals surface area contributed by atoms with Gasteiger partial charge in [0, 0.05) is 36.9 Å². The van der Waals surface area contributed by atoms with Crippen LogP contribution in [0.4, 0.5) is 0 Å². The third-order valence-corrected chi connectivity index (χ3v) is 4.35. The molecule has 0 fully saturated rings. The highest BCUT2D eigenvalue weighted by atomic mass is 16.1. The lowest BCUT2D eigenvalue weighted by Crippen LogP contribution is -2.46. The van der Waals surface area contributed by atoms with Crippen LogP contribution in [0.5, 0.6) is 0 Å². The molecule has 0 N–H and O–H groups in total. The van der Waals surface area contributed by atoms with E-state index in [-0.39, 0.29) is 11.1 Å². The number of nitrogens with zero attached hydrogens (tertiary/aromatic N) is 4. The highest BCUT2D eigenvalue weighted by Gasteiger charge is 2.28. The van der Waals surface area contributed by atoms with Gasteiger partial charge in [0.05, 0.1) is 11.3 Å². The third kappa shape index (κ3) is 2.35. The Balaban J connectivity index is 2.18. The van der Waals surface area contributed by atoms with Gasteiger partial charge >= 0.3 is 0 Å². The number of aryl methyl sites for hydroxylation is 2. The van der Waals surface area contributed by atoms with Crippen molar-refractivity contribution in [3.05, 3.63) is 39.1 Å². The fourth-order valence-corrected chi connectivity index (χ4v) is 2.77. The molecule has 5 nitrogen and oxygen atoms in total. The van der Waals surface area contributed by atoms with Crippen LogP contribution in [0.15, 0.2) is 11.0 Å². The Kier molecular flexibility index (Phi) is 3.13. The van der Waals surface area contributed by atoms with Crippen molar-refractivity contribution in [3.8, 4) is 0 Å². The molecule has 5 heteroatoms. The minimum atomic E-state index is 0.0274. The predicted molar refractivity (Wildman–Crippen MR) is 82.6 cm³/mol. The van der Waals surface area contributed by atoms with Gasteiger partial charge in [0.1, 0.15) is 0 Å². The van der Waals surface area contributed by atoms with E-state index in [4.69, 9.17) is 0 Å². The smallest absolute Gasteiger partial charge is 0.263 e. The van der Waals surface area contributed by atoms with Crippen molar-refractivity contribution in [2.24, 2.45) is 0 Å². The van der Waals surface area contributed by atoms with Gasteiger partial charge in [0.15, 0.2) is 0 Å². The van der Waals surface area contributed by atoms with Gasteiger partial charge in [-0.15, -0.1) is 0 Å².